The zero-order chi connectivity index (χ0) is 11.4. The number of carbonyl (C=O) groups excluding carboxylic acids is 1. The molecular formula is C10H17N3O2. The van der Waals surface area contributed by atoms with Crippen LogP contribution in [0.4, 0.5) is 0 Å². The Hall–Kier alpha value is -1.36. The smallest absolute Gasteiger partial charge is 0.246 e. The molecule has 1 aromatic heterocycles. The molecule has 0 bridgehead atoms. The van der Waals surface area contributed by atoms with Crippen molar-refractivity contribution < 1.29 is 9.63 Å². The van der Waals surface area contributed by atoms with E-state index in [1.165, 1.54) is 12.2 Å². The normalized spacial score (nSPS) is 10.4. The van der Waals surface area contributed by atoms with Crippen LogP contribution in [0.15, 0.2) is 0 Å². The molecule has 0 aliphatic rings. The molecule has 0 atom stereocenters. The standard InChI is InChI=1S/C10H17N3O2/c1-7-9(8(2)12-11-7)5-6-10(14)13(3)15-4/h5-6H2,1-4H3,(H,11,12). The monoisotopic (exact) mass is 211 g/mol. The van der Waals surface area contributed by atoms with Gasteiger partial charge in [-0.15, -0.1) is 0 Å². The summed E-state index contributed by atoms with van der Waals surface area (Å²) >= 11 is 0. The van der Waals surface area contributed by atoms with Gasteiger partial charge in [0, 0.05) is 19.2 Å². The number of nitrogens with one attached hydrogen (secondary N) is 1. The number of nitrogens with zero attached hydrogens (tertiary/aromatic N) is 2. The van der Waals surface area contributed by atoms with E-state index < -0.39 is 0 Å². The molecule has 1 N–H and O–H groups in total. The summed E-state index contributed by atoms with van der Waals surface area (Å²) in [5, 5.41) is 8.22. The van der Waals surface area contributed by atoms with Gasteiger partial charge in [0.05, 0.1) is 12.8 Å². The van der Waals surface area contributed by atoms with E-state index in [1.807, 2.05) is 13.8 Å². The van der Waals surface area contributed by atoms with E-state index in [-0.39, 0.29) is 5.91 Å². The van der Waals surface area contributed by atoms with Crippen molar-refractivity contribution in [1.82, 2.24) is 15.3 Å². The summed E-state index contributed by atoms with van der Waals surface area (Å²) in [6, 6.07) is 0. The third-order valence-corrected chi connectivity index (χ3v) is 2.49. The Balaban J connectivity index is 2.54. The second kappa shape index (κ2) is 4.93. The van der Waals surface area contributed by atoms with Crippen molar-refractivity contribution in [2.75, 3.05) is 14.2 Å². The predicted molar refractivity (Wildman–Crippen MR) is 56.2 cm³/mol. The van der Waals surface area contributed by atoms with E-state index in [2.05, 4.69) is 10.2 Å². The number of aromatic amines is 1. The maximum absolute atomic E-state index is 11.5. The van der Waals surface area contributed by atoms with Crippen LogP contribution in [0.5, 0.6) is 0 Å². The quantitative estimate of drug-likeness (QED) is 0.755. The molecule has 5 heteroatoms. The maximum Gasteiger partial charge on any atom is 0.246 e. The van der Waals surface area contributed by atoms with Crippen molar-refractivity contribution in [3.05, 3.63) is 17.0 Å². The number of H-pyrrole nitrogens is 1. The van der Waals surface area contributed by atoms with Crippen molar-refractivity contribution in [2.45, 2.75) is 26.7 Å². The summed E-state index contributed by atoms with van der Waals surface area (Å²) in [6.07, 6.45) is 1.13. The van der Waals surface area contributed by atoms with Gasteiger partial charge in [-0.25, -0.2) is 5.06 Å². The fourth-order valence-corrected chi connectivity index (χ4v) is 1.43. The van der Waals surface area contributed by atoms with Crippen molar-refractivity contribution in [3.8, 4) is 0 Å². The largest absolute Gasteiger partial charge is 0.282 e. The van der Waals surface area contributed by atoms with Gasteiger partial charge in [-0.3, -0.25) is 14.7 Å². The zero-order valence-electron chi connectivity index (χ0n) is 9.63. The second-order valence-corrected chi connectivity index (χ2v) is 3.49. The van der Waals surface area contributed by atoms with Gasteiger partial charge in [0.1, 0.15) is 0 Å². The van der Waals surface area contributed by atoms with Crippen LogP contribution in [0.3, 0.4) is 0 Å². The molecule has 0 aliphatic heterocycles. The van der Waals surface area contributed by atoms with Gasteiger partial charge < -0.3 is 0 Å². The van der Waals surface area contributed by atoms with Crippen LogP contribution in [-0.4, -0.2) is 35.3 Å². The molecule has 0 spiro atoms. The van der Waals surface area contributed by atoms with Crippen LogP contribution >= 0.6 is 0 Å². The van der Waals surface area contributed by atoms with Gasteiger partial charge in [0.15, 0.2) is 0 Å². The van der Waals surface area contributed by atoms with E-state index in [9.17, 15) is 4.79 Å². The Bertz CT molecular complexity index is 327. The Kier molecular flexibility index (Phi) is 3.85. The van der Waals surface area contributed by atoms with Crippen molar-refractivity contribution in [2.24, 2.45) is 0 Å². The number of hydroxylamine groups is 2. The molecule has 0 unspecified atom stereocenters. The summed E-state index contributed by atoms with van der Waals surface area (Å²) in [5.41, 5.74) is 3.11. The van der Waals surface area contributed by atoms with Gasteiger partial charge in [-0.2, -0.15) is 5.10 Å². The molecule has 0 saturated heterocycles. The molecule has 1 heterocycles. The maximum atomic E-state index is 11.5. The molecule has 0 radical (unpaired) electrons. The number of rotatable bonds is 4. The van der Waals surface area contributed by atoms with Crippen LogP contribution in [0, 0.1) is 13.8 Å². The minimum atomic E-state index is -0.0301. The molecule has 0 aliphatic carbocycles. The van der Waals surface area contributed by atoms with Gasteiger partial charge in [-0.05, 0) is 25.8 Å². The van der Waals surface area contributed by atoms with E-state index >= 15 is 0 Å². The zero-order valence-corrected chi connectivity index (χ0v) is 9.63. The second-order valence-electron chi connectivity index (χ2n) is 3.49. The number of aryl methyl sites for hydroxylation is 2. The van der Waals surface area contributed by atoms with Gasteiger partial charge >= 0.3 is 0 Å². The van der Waals surface area contributed by atoms with Gasteiger partial charge in [0.2, 0.25) is 5.91 Å². The van der Waals surface area contributed by atoms with Crippen LogP contribution in [0.2, 0.25) is 0 Å². The van der Waals surface area contributed by atoms with Crippen LogP contribution in [0.25, 0.3) is 0 Å². The molecule has 0 saturated carbocycles. The highest BCUT2D eigenvalue weighted by Gasteiger charge is 2.11. The van der Waals surface area contributed by atoms with Crippen LogP contribution in [-0.2, 0) is 16.1 Å². The van der Waals surface area contributed by atoms with Crippen LogP contribution < -0.4 is 0 Å². The minimum Gasteiger partial charge on any atom is -0.282 e. The van der Waals surface area contributed by atoms with Crippen molar-refractivity contribution in [3.63, 3.8) is 0 Å². The molecule has 15 heavy (non-hydrogen) atoms. The van der Waals surface area contributed by atoms with E-state index in [1.54, 1.807) is 7.05 Å². The van der Waals surface area contributed by atoms with Crippen molar-refractivity contribution in [1.29, 1.82) is 0 Å². The number of amides is 1. The summed E-state index contributed by atoms with van der Waals surface area (Å²) in [4.78, 5) is 16.3. The summed E-state index contributed by atoms with van der Waals surface area (Å²) < 4.78 is 0. The molecule has 5 nitrogen and oxygen atoms in total. The topological polar surface area (TPSA) is 58.2 Å². The third-order valence-electron chi connectivity index (χ3n) is 2.49. The molecule has 1 aromatic rings. The Morgan fingerprint density at radius 3 is 2.67 bits per heavy atom. The Morgan fingerprint density at radius 1 is 1.53 bits per heavy atom. The first-order valence-corrected chi connectivity index (χ1v) is 4.87. The number of aromatic nitrogens is 2. The van der Waals surface area contributed by atoms with E-state index in [4.69, 9.17) is 4.84 Å². The predicted octanol–water partition coefficient (Wildman–Crippen LogP) is 0.979. The molecule has 0 fully saturated rings. The highest BCUT2D eigenvalue weighted by molar-refractivity contribution is 5.75. The van der Waals surface area contributed by atoms with Gasteiger partial charge in [-0.1, -0.05) is 0 Å². The highest BCUT2D eigenvalue weighted by atomic mass is 16.7. The number of hydrogen-bond donors (Lipinski definition) is 1. The SMILES string of the molecule is CON(C)C(=O)CCc1c(C)n[nH]c1C. The first kappa shape index (κ1) is 11.7. The lowest BCUT2D eigenvalue weighted by atomic mass is 10.1. The summed E-state index contributed by atoms with van der Waals surface area (Å²) in [6.45, 7) is 3.89. The van der Waals surface area contributed by atoms with E-state index in [0.29, 0.717) is 12.8 Å². The number of hydrogen-bond acceptors (Lipinski definition) is 3. The lowest BCUT2D eigenvalue weighted by Gasteiger charge is -2.13. The Labute approximate surface area is 89.4 Å². The molecule has 1 amide bonds. The highest BCUT2D eigenvalue weighted by Crippen LogP contribution is 2.12. The first-order valence-electron chi connectivity index (χ1n) is 4.87. The molecule has 0 aromatic carbocycles. The molecule has 84 valence electrons. The van der Waals surface area contributed by atoms with E-state index in [0.717, 1.165) is 17.0 Å². The third kappa shape index (κ3) is 2.79. The fourth-order valence-electron chi connectivity index (χ4n) is 1.43. The molecule has 1 rings (SSSR count). The fraction of sp³-hybridized carbons (Fsp3) is 0.600. The average Bonchev–Trinajstić information content (AvgIpc) is 2.54. The lowest BCUT2D eigenvalue weighted by molar-refractivity contribution is -0.168. The summed E-state index contributed by atoms with van der Waals surface area (Å²) in [5.74, 6) is -0.0301. The summed E-state index contributed by atoms with van der Waals surface area (Å²) in [7, 11) is 3.09. The molecular weight excluding hydrogens is 194 g/mol. The van der Waals surface area contributed by atoms with Gasteiger partial charge in [0.25, 0.3) is 0 Å². The lowest BCUT2D eigenvalue weighted by Crippen LogP contribution is -2.25. The minimum absolute atomic E-state index is 0.0301. The average molecular weight is 211 g/mol. The van der Waals surface area contributed by atoms with Crippen LogP contribution in [0.1, 0.15) is 23.4 Å². The van der Waals surface area contributed by atoms with Crippen molar-refractivity contribution >= 4 is 5.91 Å². The number of carbonyl (C=O) groups is 1. The first-order chi connectivity index (χ1) is 7.06. The Morgan fingerprint density at radius 2 is 2.20 bits per heavy atom.